The van der Waals surface area contributed by atoms with Crippen LogP contribution in [0.3, 0.4) is 0 Å². The third-order valence-electron chi connectivity index (χ3n) is 9.26. The topological polar surface area (TPSA) is 132 Å². The second-order valence-corrected chi connectivity index (χ2v) is 13.2. The zero-order valence-electron chi connectivity index (χ0n) is 28.7. The summed E-state index contributed by atoms with van der Waals surface area (Å²) in [6.45, 7) is -0.510. The number of aromatic nitrogens is 2. The van der Waals surface area contributed by atoms with Gasteiger partial charge in [0.25, 0.3) is 0 Å². The quantitative estimate of drug-likeness (QED) is 0.150. The first kappa shape index (κ1) is 37.5. The second kappa shape index (κ2) is 16.6. The third kappa shape index (κ3) is 10.0. The number of pyridine rings is 1. The highest BCUT2D eigenvalue weighted by atomic mass is 19.4. The van der Waals surface area contributed by atoms with E-state index in [0.29, 0.717) is 24.4 Å². The van der Waals surface area contributed by atoms with Gasteiger partial charge >= 0.3 is 6.18 Å². The van der Waals surface area contributed by atoms with Crippen molar-refractivity contribution in [2.75, 3.05) is 39.3 Å². The van der Waals surface area contributed by atoms with Gasteiger partial charge in [0, 0.05) is 74.7 Å². The number of rotatable bonds is 13. The molecule has 280 valence electrons. The lowest BCUT2D eigenvalue weighted by atomic mass is 9.92. The van der Waals surface area contributed by atoms with E-state index in [-0.39, 0.29) is 56.4 Å². The molecule has 2 aromatic heterocycles. The van der Waals surface area contributed by atoms with E-state index in [2.05, 4.69) is 10.3 Å². The van der Waals surface area contributed by atoms with Gasteiger partial charge in [-0.2, -0.15) is 13.2 Å². The van der Waals surface area contributed by atoms with Crippen LogP contribution in [0.25, 0.3) is 11.4 Å². The van der Waals surface area contributed by atoms with Crippen LogP contribution in [-0.4, -0.2) is 99.0 Å². The van der Waals surface area contributed by atoms with Crippen LogP contribution >= 0.6 is 0 Å². The molecule has 0 spiro atoms. The lowest BCUT2D eigenvalue weighted by Crippen LogP contribution is -2.60. The molecule has 6 rings (SSSR count). The van der Waals surface area contributed by atoms with Gasteiger partial charge < -0.3 is 30.2 Å². The Balaban J connectivity index is 1.15. The standard InChI is InChI=1S/C38H40F4N6O5/c39-28-7-9-29(10-8-28)47-13-11-26(20-47)19-46-14-15-48(32(22-46)37(52)44-24-38(40,41)42)21-30(49)17-27(16-25-4-3-12-43-18-25)36(51)45-35-31-5-1-2-6-34(31)53-23-33(35)50/h1-13,18,20,27,30,32,49-50H,14-17,19,21-24H2,(H,44,52)(H,45,51)/t27-,30+,32+/m1/s1. The molecule has 1 fully saturated rings. The highest BCUT2D eigenvalue weighted by Gasteiger charge is 2.37. The largest absolute Gasteiger partial charge is 0.507 e. The Morgan fingerprint density at radius 1 is 1.02 bits per heavy atom. The molecule has 1 saturated heterocycles. The average Bonchev–Trinajstić information content (AvgIpc) is 3.61. The number of carbonyl (C=O) groups excluding carboxylic acids is 2. The van der Waals surface area contributed by atoms with Crippen molar-refractivity contribution in [3.8, 4) is 11.4 Å². The summed E-state index contributed by atoms with van der Waals surface area (Å²) < 4.78 is 60.2. The molecule has 0 bridgehead atoms. The number of halogens is 4. The zero-order chi connectivity index (χ0) is 37.5. The van der Waals surface area contributed by atoms with Gasteiger partial charge in [0.15, 0.2) is 5.76 Å². The molecule has 0 unspecified atom stereocenters. The van der Waals surface area contributed by atoms with E-state index < -0.39 is 42.6 Å². The number of para-hydroxylation sites is 1. The number of β-amino-alcohol motifs (C(OH)–C–C–N with tert-alkyl or cyclic N) is 1. The minimum atomic E-state index is -4.61. The molecule has 0 saturated carbocycles. The molecule has 2 aliphatic rings. The number of ether oxygens (including phenoxy) is 1. The smallest absolute Gasteiger partial charge is 0.405 e. The van der Waals surface area contributed by atoms with Crippen LogP contribution in [0.1, 0.15) is 23.1 Å². The van der Waals surface area contributed by atoms with Crippen molar-refractivity contribution < 1.29 is 42.1 Å². The number of nitrogens with zero attached hydrogens (tertiary/aromatic N) is 4. The minimum Gasteiger partial charge on any atom is -0.507 e. The Labute approximate surface area is 303 Å². The number of hydrogen-bond donors (Lipinski definition) is 4. The summed E-state index contributed by atoms with van der Waals surface area (Å²) in [6.07, 6.45) is 1.27. The van der Waals surface area contributed by atoms with E-state index in [1.54, 1.807) is 65.8 Å². The van der Waals surface area contributed by atoms with Crippen LogP contribution in [0, 0.1) is 11.7 Å². The predicted molar refractivity (Wildman–Crippen MR) is 187 cm³/mol. The molecule has 15 heteroatoms. The Hall–Kier alpha value is -5.25. The molecular formula is C38H40F4N6O5. The van der Waals surface area contributed by atoms with Crippen LogP contribution in [-0.2, 0) is 22.6 Å². The molecule has 11 nitrogen and oxygen atoms in total. The number of aliphatic hydroxyl groups excluding tert-OH is 2. The van der Waals surface area contributed by atoms with Gasteiger partial charge in [-0.25, -0.2) is 4.39 Å². The molecule has 4 aromatic rings. The van der Waals surface area contributed by atoms with Crippen molar-refractivity contribution >= 4 is 17.5 Å². The predicted octanol–water partition coefficient (Wildman–Crippen LogP) is 4.22. The van der Waals surface area contributed by atoms with Crippen LogP contribution in [0.2, 0.25) is 0 Å². The van der Waals surface area contributed by atoms with Crippen LogP contribution in [0.15, 0.2) is 97.3 Å². The summed E-state index contributed by atoms with van der Waals surface area (Å²) in [6, 6.07) is 17.3. The summed E-state index contributed by atoms with van der Waals surface area (Å²) in [7, 11) is 0. The van der Waals surface area contributed by atoms with Gasteiger partial charge in [-0.15, -0.1) is 0 Å². The van der Waals surface area contributed by atoms with E-state index in [9.17, 15) is 37.4 Å². The van der Waals surface area contributed by atoms with Crippen molar-refractivity contribution in [1.29, 1.82) is 0 Å². The van der Waals surface area contributed by atoms with E-state index in [0.717, 1.165) is 16.8 Å². The van der Waals surface area contributed by atoms with E-state index >= 15 is 0 Å². The molecule has 53 heavy (non-hydrogen) atoms. The van der Waals surface area contributed by atoms with Crippen molar-refractivity contribution in [3.63, 3.8) is 0 Å². The highest BCUT2D eigenvalue weighted by Crippen LogP contribution is 2.31. The molecule has 2 aliphatic heterocycles. The number of aliphatic hydroxyl groups is 2. The molecule has 2 amide bonds. The first-order valence-electron chi connectivity index (χ1n) is 17.2. The van der Waals surface area contributed by atoms with Gasteiger partial charge in [-0.05, 0) is 72.5 Å². The second-order valence-electron chi connectivity index (χ2n) is 13.2. The summed E-state index contributed by atoms with van der Waals surface area (Å²) in [5.74, 6) is -2.13. The Bertz CT molecular complexity index is 1900. The molecule has 4 heterocycles. The Kier molecular flexibility index (Phi) is 11.8. The maximum Gasteiger partial charge on any atom is 0.405 e. The van der Waals surface area contributed by atoms with Crippen molar-refractivity contribution in [1.82, 2.24) is 30.0 Å². The minimum absolute atomic E-state index is 0.0546. The van der Waals surface area contributed by atoms with E-state index in [4.69, 9.17) is 4.74 Å². The number of piperazine rings is 1. The number of fused-ring (bicyclic) bond motifs is 1. The van der Waals surface area contributed by atoms with Crippen molar-refractivity contribution in [2.45, 2.75) is 37.7 Å². The monoisotopic (exact) mass is 736 g/mol. The first-order chi connectivity index (χ1) is 25.4. The van der Waals surface area contributed by atoms with Gasteiger partial charge in [-0.1, -0.05) is 18.2 Å². The van der Waals surface area contributed by atoms with Crippen molar-refractivity contribution in [3.05, 3.63) is 120 Å². The average molecular weight is 737 g/mol. The number of benzene rings is 2. The van der Waals surface area contributed by atoms with Crippen molar-refractivity contribution in [2.24, 2.45) is 5.92 Å². The number of hydrogen-bond acceptors (Lipinski definition) is 8. The maximum atomic E-state index is 13.8. The van der Waals surface area contributed by atoms with E-state index in [1.165, 1.54) is 12.1 Å². The fraction of sp³-hybridized carbons (Fsp3) is 0.342. The van der Waals surface area contributed by atoms with Gasteiger partial charge in [0.2, 0.25) is 11.8 Å². The third-order valence-corrected chi connectivity index (χ3v) is 9.26. The summed E-state index contributed by atoms with van der Waals surface area (Å²) in [5, 5.41) is 26.9. The normalized spacial score (nSPS) is 17.8. The SMILES string of the molecule is O=C(NC1=C(O)COc2ccccc21)[C@H](Cc1cccnc1)C[C@H](O)CN1CCN(Cc2ccn(-c3ccc(F)cc3)c2)C[C@H]1C(=O)NCC(F)(F)F. The number of nitrogens with one attached hydrogen (secondary N) is 2. The summed E-state index contributed by atoms with van der Waals surface area (Å²) in [4.78, 5) is 34.8. The van der Waals surface area contributed by atoms with E-state index in [1.807, 2.05) is 33.2 Å². The zero-order valence-corrected chi connectivity index (χ0v) is 28.7. The number of carbonyl (C=O) groups is 2. The molecular weight excluding hydrogens is 696 g/mol. The Morgan fingerprint density at radius 3 is 2.57 bits per heavy atom. The lowest BCUT2D eigenvalue weighted by molar-refractivity contribution is -0.143. The molecule has 3 atom stereocenters. The highest BCUT2D eigenvalue weighted by molar-refractivity contribution is 5.90. The van der Waals surface area contributed by atoms with Gasteiger partial charge in [0.05, 0.1) is 11.8 Å². The van der Waals surface area contributed by atoms with Gasteiger partial charge in [0.1, 0.15) is 30.8 Å². The summed E-state index contributed by atoms with van der Waals surface area (Å²) >= 11 is 0. The number of alkyl halides is 3. The summed E-state index contributed by atoms with van der Waals surface area (Å²) in [5.41, 5.74) is 3.07. The van der Waals surface area contributed by atoms with Gasteiger partial charge in [-0.3, -0.25) is 24.4 Å². The van der Waals surface area contributed by atoms with Crippen LogP contribution in [0.5, 0.6) is 5.75 Å². The molecule has 0 radical (unpaired) electrons. The lowest BCUT2D eigenvalue weighted by Gasteiger charge is -2.41. The number of amides is 2. The van der Waals surface area contributed by atoms with Crippen LogP contribution < -0.4 is 15.4 Å². The molecule has 0 aliphatic carbocycles. The molecule has 4 N–H and O–H groups in total. The molecule has 2 aromatic carbocycles. The fourth-order valence-corrected chi connectivity index (χ4v) is 6.66. The van der Waals surface area contributed by atoms with Crippen LogP contribution in [0.4, 0.5) is 17.6 Å². The maximum absolute atomic E-state index is 13.8. The first-order valence-corrected chi connectivity index (χ1v) is 17.2. The fourth-order valence-electron chi connectivity index (χ4n) is 6.66. The Morgan fingerprint density at radius 2 is 1.81 bits per heavy atom.